The molecule has 1 amide bonds. The highest BCUT2D eigenvalue weighted by Gasteiger charge is 2.24. The molecule has 0 aliphatic heterocycles. The molecule has 0 spiro atoms. The zero-order valence-corrected chi connectivity index (χ0v) is 20.5. The highest BCUT2D eigenvalue weighted by molar-refractivity contribution is 7.89. The molecule has 0 bridgehead atoms. The van der Waals surface area contributed by atoms with Crippen LogP contribution in [0, 0.1) is 13.8 Å². The number of aryl methyl sites for hydroxylation is 2. The number of nitrogens with one attached hydrogen (secondary N) is 2. The van der Waals surface area contributed by atoms with Crippen molar-refractivity contribution in [1.29, 1.82) is 0 Å². The van der Waals surface area contributed by atoms with Crippen LogP contribution in [0.25, 0.3) is 11.3 Å². The summed E-state index contributed by atoms with van der Waals surface area (Å²) in [5.74, 6) is -0.325. The van der Waals surface area contributed by atoms with Crippen LogP contribution in [-0.4, -0.2) is 19.3 Å². The molecule has 0 unspecified atom stereocenters. The van der Waals surface area contributed by atoms with E-state index in [-0.39, 0.29) is 17.2 Å². The van der Waals surface area contributed by atoms with E-state index in [1.807, 2.05) is 62.4 Å². The molecule has 1 heterocycles. The number of benzene rings is 3. The normalized spacial score (nSPS) is 12.3. The van der Waals surface area contributed by atoms with E-state index in [0.29, 0.717) is 10.7 Å². The summed E-state index contributed by atoms with van der Waals surface area (Å²) in [6.45, 7) is 3.85. The Hall–Kier alpha value is -3.33. The lowest BCUT2D eigenvalue weighted by Gasteiger charge is -2.19. The molecule has 0 saturated carbocycles. The van der Waals surface area contributed by atoms with Crippen LogP contribution in [0.4, 0.5) is 5.13 Å². The summed E-state index contributed by atoms with van der Waals surface area (Å²) >= 11 is 1.39. The number of amides is 1. The van der Waals surface area contributed by atoms with E-state index < -0.39 is 16.1 Å². The number of carbonyl (C=O) groups excluding carboxylic acids is 1. The zero-order chi connectivity index (χ0) is 24.1. The molecule has 0 aliphatic rings. The summed E-state index contributed by atoms with van der Waals surface area (Å²) in [6.07, 6.45) is -0.0750. The van der Waals surface area contributed by atoms with Crippen molar-refractivity contribution >= 4 is 32.4 Å². The van der Waals surface area contributed by atoms with Crippen molar-refractivity contribution in [3.05, 3.63) is 101 Å². The molecule has 1 aromatic heterocycles. The van der Waals surface area contributed by atoms with E-state index in [1.165, 1.54) is 11.3 Å². The van der Waals surface area contributed by atoms with Crippen LogP contribution in [0.1, 0.15) is 28.5 Å². The Morgan fingerprint density at radius 1 is 0.912 bits per heavy atom. The number of aromatic nitrogens is 1. The molecule has 4 rings (SSSR count). The van der Waals surface area contributed by atoms with Gasteiger partial charge in [0.15, 0.2) is 5.13 Å². The number of thiazole rings is 1. The third kappa shape index (κ3) is 5.77. The van der Waals surface area contributed by atoms with Gasteiger partial charge in [-0.3, -0.25) is 4.79 Å². The van der Waals surface area contributed by atoms with Crippen LogP contribution in [0.15, 0.2) is 89.8 Å². The molecule has 1 atom stereocenters. The van der Waals surface area contributed by atoms with Gasteiger partial charge < -0.3 is 5.32 Å². The average molecular weight is 492 g/mol. The van der Waals surface area contributed by atoms with Gasteiger partial charge in [-0.05, 0) is 31.5 Å². The second-order valence-electron chi connectivity index (χ2n) is 7.94. The molecule has 174 valence electrons. The van der Waals surface area contributed by atoms with Crippen molar-refractivity contribution in [2.75, 3.05) is 5.32 Å². The van der Waals surface area contributed by atoms with Gasteiger partial charge in [0.05, 0.1) is 16.6 Å². The van der Waals surface area contributed by atoms with E-state index in [0.717, 1.165) is 21.7 Å². The number of sulfonamides is 1. The summed E-state index contributed by atoms with van der Waals surface area (Å²) in [5, 5.41) is 3.32. The monoisotopic (exact) mass is 491 g/mol. The largest absolute Gasteiger partial charge is 0.302 e. The van der Waals surface area contributed by atoms with Gasteiger partial charge in [-0.25, -0.2) is 18.1 Å². The molecule has 3 aromatic carbocycles. The number of nitrogens with zero attached hydrogens (tertiary/aromatic N) is 1. The molecule has 4 aromatic rings. The van der Waals surface area contributed by atoms with Gasteiger partial charge in [-0.2, -0.15) is 0 Å². The quantitative estimate of drug-likeness (QED) is 0.342. The predicted octanol–water partition coefficient (Wildman–Crippen LogP) is 5.48. The van der Waals surface area contributed by atoms with Gasteiger partial charge in [0.2, 0.25) is 15.9 Å². The van der Waals surface area contributed by atoms with Crippen LogP contribution in [-0.2, 0) is 14.8 Å². The Kier molecular flexibility index (Phi) is 7.21. The summed E-state index contributed by atoms with van der Waals surface area (Å²) < 4.78 is 28.7. The third-order valence-electron chi connectivity index (χ3n) is 5.31. The fraction of sp³-hybridized carbons (Fsp3) is 0.154. The van der Waals surface area contributed by atoms with Crippen molar-refractivity contribution < 1.29 is 13.2 Å². The number of hydrogen-bond donors (Lipinski definition) is 2. The predicted molar refractivity (Wildman–Crippen MR) is 136 cm³/mol. The maximum Gasteiger partial charge on any atom is 0.241 e. The van der Waals surface area contributed by atoms with E-state index in [4.69, 9.17) is 0 Å². The van der Waals surface area contributed by atoms with Crippen molar-refractivity contribution in [3.8, 4) is 11.3 Å². The highest BCUT2D eigenvalue weighted by atomic mass is 32.2. The molecule has 0 radical (unpaired) electrons. The molecular weight excluding hydrogens is 466 g/mol. The van der Waals surface area contributed by atoms with Crippen molar-refractivity contribution in [3.63, 3.8) is 0 Å². The minimum atomic E-state index is -3.82. The van der Waals surface area contributed by atoms with Gasteiger partial charge >= 0.3 is 0 Å². The van der Waals surface area contributed by atoms with E-state index in [9.17, 15) is 13.2 Å². The molecule has 0 aliphatic carbocycles. The summed E-state index contributed by atoms with van der Waals surface area (Å²) in [6, 6.07) is 24.7. The lowest BCUT2D eigenvalue weighted by molar-refractivity contribution is -0.116. The smallest absolute Gasteiger partial charge is 0.241 e. The number of anilines is 1. The Balaban J connectivity index is 1.53. The average Bonchev–Trinajstić information content (AvgIpc) is 3.19. The first kappa shape index (κ1) is 23.8. The maximum atomic E-state index is 13.0. The maximum absolute atomic E-state index is 13.0. The van der Waals surface area contributed by atoms with Crippen LogP contribution in [0.5, 0.6) is 0 Å². The van der Waals surface area contributed by atoms with Crippen molar-refractivity contribution in [1.82, 2.24) is 9.71 Å². The number of hydrogen-bond acceptors (Lipinski definition) is 5. The Labute approximate surface area is 203 Å². The first-order chi connectivity index (χ1) is 16.3. The minimum Gasteiger partial charge on any atom is -0.302 e. The highest BCUT2D eigenvalue weighted by Crippen LogP contribution is 2.30. The van der Waals surface area contributed by atoms with Crippen molar-refractivity contribution in [2.45, 2.75) is 31.2 Å². The van der Waals surface area contributed by atoms with Crippen LogP contribution in [0.2, 0.25) is 0 Å². The molecule has 0 fully saturated rings. The summed E-state index contributed by atoms with van der Waals surface area (Å²) in [5.41, 5.74) is 3.46. The number of carbonyl (C=O) groups is 1. The number of rotatable bonds is 8. The molecule has 34 heavy (non-hydrogen) atoms. The summed E-state index contributed by atoms with van der Waals surface area (Å²) in [7, 11) is -3.82. The van der Waals surface area contributed by atoms with Crippen LogP contribution >= 0.6 is 11.3 Å². The fourth-order valence-electron chi connectivity index (χ4n) is 3.56. The van der Waals surface area contributed by atoms with Crippen LogP contribution < -0.4 is 10.0 Å². The Bertz CT molecular complexity index is 1370. The minimum absolute atomic E-state index is 0.0750. The third-order valence-corrected chi connectivity index (χ3v) is 7.68. The second kappa shape index (κ2) is 10.3. The molecule has 2 N–H and O–H groups in total. The molecule has 6 nitrogen and oxygen atoms in total. The lowest BCUT2D eigenvalue weighted by atomic mass is 10.0. The summed E-state index contributed by atoms with van der Waals surface area (Å²) in [4.78, 5) is 18.7. The Morgan fingerprint density at radius 3 is 2.18 bits per heavy atom. The molecular formula is C26H25N3O3S2. The van der Waals surface area contributed by atoms with Crippen molar-refractivity contribution in [2.24, 2.45) is 0 Å². The molecule has 0 saturated heterocycles. The lowest BCUT2D eigenvalue weighted by Crippen LogP contribution is -2.31. The zero-order valence-electron chi connectivity index (χ0n) is 18.9. The molecule has 8 heteroatoms. The van der Waals surface area contributed by atoms with Gasteiger partial charge in [0, 0.05) is 16.9 Å². The van der Waals surface area contributed by atoms with Gasteiger partial charge in [-0.1, -0.05) is 78.4 Å². The second-order valence-corrected chi connectivity index (χ2v) is 10.9. The first-order valence-electron chi connectivity index (χ1n) is 10.8. The van der Waals surface area contributed by atoms with Gasteiger partial charge in [0.1, 0.15) is 0 Å². The standard InChI is InChI=1S/C26H25N3O3S2/c1-18-13-15-22(16-14-18)34(31,32)29-23(20-9-5-3-6-10-20)17-24(30)27-26-28-25(19(2)33-26)21-11-7-4-8-12-21/h3-16,23,29H,17H2,1-2H3,(H,27,28,30)/t23-/m0/s1. The SMILES string of the molecule is Cc1ccc(S(=O)(=O)N[C@@H](CC(=O)Nc2nc(-c3ccccc3)c(C)s2)c2ccccc2)cc1. The topological polar surface area (TPSA) is 88.2 Å². The first-order valence-corrected chi connectivity index (χ1v) is 13.1. The fourth-order valence-corrected chi connectivity index (χ4v) is 5.63. The van der Waals surface area contributed by atoms with Gasteiger partial charge in [-0.15, -0.1) is 11.3 Å². The van der Waals surface area contributed by atoms with E-state index >= 15 is 0 Å². The Morgan fingerprint density at radius 2 is 1.53 bits per heavy atom. The van der Waals surface area contributed by atoms with E-state index in [2.05, 4.69) is 15.0 Å². The van der Waals surface area contributed by atoms with Gasteiger partial charge in [0.25, 0.3) is 0 Å². The van der Waals surface area contributed by atoms with Crippen LogP contribution in [0.3, 0.4) is 0 Å². The van der Waals surface area contributed by atoms with E-state index in [1.54, 1.807) is 36.4 Å².